The Hall–Kier alpha value is -2.84. The number of piperazine rings is 1. The van der Waals surface area contributed by atoms with Crippen molar-refractivity contribution in [3.05, 3.63) is 63.2 Å². The molecule has 0 saturated carbocycles. The summed E-state index contributed by atoms with van der Waals surface area (Å²) in [6.45, 7) is 2.94. The van der Waals surface area contributed by atoms with E-state index in [1.807, 2.05) is 30.3 Å². The molecule has 31 heavy (non-hydrogen) atoms. The maximum atomic E-state index is 13.1. The molecule has 2 heterocycles. The lowest BCUT2D eigenvalue weighted by atomic mass is 9.83. The summed E-state index contributed by atoms with van der Waals surface area (Å²) in [4.78, 5) is 28.4. The fourth-order valence-electron chi connectivity index (χ4n) is 4.56. The average Bonchev–Trinajstić information content (AvgIpc) is 2.78. The maximum absolute atomic E-state index is 13.1. The first kappa shape index (κ1) is 21.4. The molecule has 1 saturated heterocycles. The fourth-order valence-corrected chi connectivity index (χ4v) is 4.81. The molecule has 0 aromatic heterocycles. The van der Waals surface area contributed by atoms with Crippen LogP contribution in [0, 0.1) is 16.0 Å². The number of hydrogen-bond acceptors (Lipinski definition) is 6. The van der Waals surface area contributed by atoms with Gasteiger partial charge in [0.15, 0.2) is 0 Å². The number of fused-ring (bicyclic) bond motifs is 3. The highest BCUT2D eigenvalue weighted by molar-refractivity contribution is 6.33. The number of nitrogens with one attached hydrogen (secondary N) is 1. The van der Waals surface area contributed by atoms with Crippen LogP contribution in [0.15, 0.2) is 42.5 Å². The first-order valence-electron chi connectivity index (χ1n) is 10.3. The topological polar surface area (TPSA) is 87.9 Å². The van der Waals surface area contributed by atoms with Gasteiger partial charge in [-0.05, 0) is 30.2 Å². The molecule has 2 atom stereocenters. The van der Waals surface area contributed by atoms with Gasteiger partial charge in [0.2, 0.25) is 5.91 Å². The lowest BCUT2D eigenvalue weighted by Gasteiger charge is -2.49. The number of para-hydroxylation sites is 1. The van der Waals surface area contributed by atoms with Crippen molar-refractivity contribution in [2.45, 2.75) is 12.5 Å². The Bertz CT molecular complexity index is 986. The maximum Gasteiger partial charge on any atom is 0.269 e. The number of benzene rings is 2. The number of carbonyl (C=O) groups excluding carboxylic acids is 1. The van der Waals surface area contributed by atoms with Gasteiger partial charge in [-0.1, -0.05) is 23.7 Å². The number of nitro groups is 1. The van der Waals surface area contributed by atoms with Crippen LogP contribution in [-0.2, 0) is 16.0 Å². The molecule has 1 N–H and O–H groups in total. The summed E-state index contributed by atoms with van der Waals surface area (Å²) >= 11 is 6.43. The van der Waals surface area contributed by atoms with Crippen LogP contribution in [0.4, 0.5) is 17.1 Å². The van der Waals surface area contributed by atoms with Gasteiger partial charge in [-0.25, -0.2) is 0 Å². The van der Waals surface area contributed by atoms with E-state index in [2.05, 4.69) is 15.1 Å². The molecule has 0 radical (unpaired) electrons. The van der Waals surface area contributed by atoms with Crippen LogP contribution >= 0.6 is 11.6 Å². The Morgan fingerprint density at radius 2 is 2.06 bits per heavy atom. The molecular formula is C22H25ClN4O4. The van der Waals surface area contributed by atoms with Crippen LogP contribution in [0.3, 0.4) is 0 Å². The Morgan fingerprint density at radius 1 is 1.26 bits per heavy atom. The van der Waals surface area contributed by atoms with Gasteiger partial charge >= 0.3 is 0 Å². The van der Waals surface area contributed by atoms with Crippen molar-refractivity contribution in [2.75, 3.05) is 49.7 Å². The Kier molecular flexibility index (Phi) is 6.29. The largest absolute Gasteiger partial charge is 0.383 e. The molecule has 2 aromatic carbocycles. The van der Waals surface area contributed by atoms with E-state index in [4.69, 9.17) is 16.3 Å². The minimum absolute atomic E-state index is 0.0467. The number of rotatable bonds is 6. The molecule has 4 rings (SSSR count). The van der Waals surface area contributed by atoms with Gasteiger partial charge in [-0.3, -0.25) is 14.9 Å². The van der Waals surface area contributed by atoms with Crippen molar-refractivity contribution in [3.8, 4) is 0 Å². The van der Waals surface area contributed by atoms with Crippen molar-refractivity contribution >= 4 is 34.6 Å². The molecule has 164 valence electrons. The number of hydrogen-bond donors (Lipinski definition) is 1. The van der Waals surface area contributed by atoms with Crippen molar-refractivity contribution in [2.24, 2.45) is 5.92 Å². The second kappa shape index (κ2) is 9.11. The molecule has 0 unspecified atom stereocenters. The molecule has 1 fully saturated rings. The van der Waals surface area contributed by atoms with Gasteiger partial charge in [0.1, 0.15) is 0 Å². The van der Waals surface area contributed by atoms with Gasteiger partial charge in [0.05, 0.1) is 34.2 Å². The fraction of sp³-hybridized carbons (Fsp3) is 0.409. The smallest absolute Gasteiger partial charge is 0.269 e. The van der Waals surface area contributed by atoms with Crippen LogP contribution in [-0.4, -0.2) is 56.8 Å². The van der Waals surface area contributed by atoms with Gasteiger partial charge < -0.3 is 19.9 Å². The average molecular weight is 445 g/mol. The summed E-state index contributed by atoms with van der Waals surface area (Å²) < 4.78 is 5.05. The second-order valence-corrected chi connectivity index (χ2v) is 8.23. The minimum Gasteiger partial charge on any atom is -0.383 e. The molecule has 2 aliphatic heterocycles. The first-order chi connectivity index (χ1) is 15.0. The zero-order valence-corrected chi connectivity index (χ0v) is 18.0. The van der Waals surface area contributed by atoms with E-state index in [0.717, 1.165) is 23.5 Å². The standard InChI is InChI=1S/C22H25ClN4O4/c1-31-11-8-24-22(28)17-13-15-12-16(27(29)30)6-7-19(15)26-10-9-25(14-21(17)26)20-5-3-2-4-18(20)23/h2-7,12,17,21H,8-11,13-14H2,1H3,(H,24,28)/t17-,21-/m1/s1. The SMILES string of the molecule is COCCNC(=O)[C@@H]1Cc2cc([N+](=O)[O-])ccc2N2CCN(c3ccccc3Cl)C[C@H]12. The van der Waals surface area contributed by atoms with E-state index in [1.54, 1.807) is 13.2 Å². The molecule has 2 aromatic rings. The summed E-state index contributed by atoms with van der Waals surface area (Å²) in [6, 6.07) is 12.6. The lowest BCUT2D eigenvalue weighted by molar-refractivity contribution is -0.384. The monoisotopic (exact) mass is 444 g/mol. The van der Waals surface area contributed by atoms with E-state index >= 15 is 0 Å². The molecule has 9 heteroatoms. The highest BCUT2D eigenvalue weighted by atomic mass is 35.5. The number of non-ortho nitro benzene ring substituents is 1. The van der Waals surface area contributed by atoms with Gasteiger partial charge in [0.25, 0.3) is 5.69 Å². The molecule has 8 nitrogen and oxygen atoms in total. The number of ether oxygens (including phenoxy) is 1. The van der Waals surface area contributed by atoms with E-state index < -0.39 is 4.92 Å². The number of nitrogens with zero attached hydrogens (tertiary/aromatic N) is 3. The summed E-state index contributed by atoms with van der Waals surface area (Å²) in [7, 11) is 1.59. The molecule has 1 amide bonds. The van der Waals surface area contributed by atoms with Gasteiger partial charge in [-0.15, -0.1) is 0 Å². The number of anilines is 2. The summed E-state index contributed by atoms with van der Waals surface area (Å²) in [6.07, 6.45) is 0.452. The molecular weight excluding hydrogens is 420 g/mol. The predicted octanol–water partition coefficient (Wildman–Crippen LogP) is 2.88. The first-order valence-corrected chi connectivity index (χ1v) is 10.7. The van der Waals surface area contributed by atoms with Crippen LogP contribution in [0.1, 0.15) is 5.56 Å². The second-order valence-electron chi connectivity index (χ2n) is 7.82. The molecule has 0 aliphatic carbocycles. The van der Waals surface area contributed by atoms with Crippen LogP contribution in [0.25, 0.3) is 0 Å². The molecule has 0 bridgehead atoms. The Labute approximate surface area is 185 Å². The zero-order valence-electron chi connectivity index (χ0n) is 17.3. The van der Waals surface area contributed by atoms with E-state index in [-0.39, 0.29) is 23.6 Å². The molecule has 2 aliphatic rings. The third-order valence-electron chi connectivity index (χ3n) is 6.04. The lowest BCUT2D eigenvalue weighted by Crippen LogP contribution is -2.61. The van der Waals surface area contributed by atoms with Crippen molar-refractivity contribution in [1.29, 1.82) is 0 Å². The highest BCUT2D eigenvalue weighted by Crippen LogP contribution is 2.39. The predicted molar refractivity (Wildman–Crippen MR) is 120 cm³/mol. The third-order valence-corrected chi connectivity index (χ3v) is 6.36. The number of methoxy groups -OCH3 is 1. The van der Waals surface area contributed by atoms with Gasteiger partial charge in [0, 0.05) is 51.1 Å². The van der Waals surface area contributed by atoms with Crippen molar-refractivity contribution in [3.63, 3.8) is 0 Å². The van der Waals surface area contributed by atoms with Crippen molar-refractivity contribution < 1.29 is 14.5 Å². The number of carbonyl (C=O) groups is 1. The molecule has 0 spiro atoms. The van der Waals surface area contributed by atoms with E-state index in [9.17, 15) is 14.9 Å². The number of nitro benzene ring substituents is 1. The Morgan fingerprint density at radius 3 is 2.81 bits per heavy atom. The van der Waals surface area contributed by atoms with Crippen LogP contribution < -0.4 is 15.1 Å². The van der Waals surface area contributed by atoms with Crippen LogP contribution in [0.5, 0.6) is 0 Å². The normalized spacial score (nSPS) is 20.1. The zero-order chi connectivity index (χ0) is 22.0. The van der Waals surface area contributed by atoms with Crippen molar-refractivity contribution in [1.82, 2.24) is 5.32 Å². The van der Waals surface area contributed by atoms with Gasteiger partial charge in [-0.2, -0.15) is 0 Å². The highest BCUT2D eigenvalue weighted by Gasteiger charge is 2.42. The Balaban J connectivity index is 1.65. The van der Waals surface area contributed by atoms with E-state index in [1.165, 1.54) is 6.07 Å². The summed E-state index contributed by atoms with van der Waals surface area (Å²) in [5.74, 6) is -0.401. The number of amides is 1. The van der Waals surface area contributed by atoms with E-state index in [0.29, 0.717) is 37.7 Å². The minimum atomic E-state index is -0.393. The number of halogens is 1. The quantitative estimate of drug-likeness (QED) is 0.418. The third kappa shape index (κ3) is 4.31. The summed E-state index contributed by atoms with van der Waals surface area (Å²) in [5.41, 5.74) is 2.81. The summed E-state index contributed by atoms with van der Waals surface area (Å²) in [5, 5.41) is 14.9. The van der Waals surface area contributed by atoms with Crippen LogP contribution in [0.2, 0.25) is 5.02 Å².